The predicted molar refractivity (Wildman–Crippen MR) is 88.6 cm³/mol. The maximum atomic E-state index is 4.54. The fourth-order valence-corrected chi connectivity index (χ4v) is 3.55. The lowest BCUT2D eigenvalue weighted by molar-refractivity contribution is 0.166. The minimum Gasteiger partial charge on any atom is -0.299 e. The minimum absolute atomic E-state index is 0.723. The van der Waals surface area contributed by atoms with Gasteiger partial charge in [-0.2, -0.15) is 5.10 Å². The molecule has 0 spiro atoms. The standard InChI is InChI=1S/C18H26N4/c1-14-18(15(2)21(3)20-14)13-22-10-6-7-16(12-22)11-17-8-4-5-9-19-17/h4-5,8-9,16H,6-7,10-13H2,1-3H3/t16-/m1/s1. The number of piperidine rings is 1. The van der Waals surface area contributed by atoms with Gasteiger partial charge in [-0.3, -0.25) is 14.6 Å². The molecule has 0 unspecified atom stereocenters. The van der Waals surface area contributed by atoms with Gasteiger partial charge in [0.15, 0.2) is 0 Å². The van der Waals surface area contributed by atoms with E-state index in [0.29, 0.717) is 0 Å². The first-order chi connectivity index (χ1) is 10.6. The van der Waals surface area contributed by atoms with Crippen molar-refractivity contribution in [3.05, 3.63) is 47.0 Å². The largest absolute Gasteiger partial charge is 0.299 e. The summed E-state index contributed by atoms with van der Waals surface area (Å²) in [6.07, 6.45) is 5.61. The third-order valence-corrected chi connectivity index (χ3v) is 4.87. The van der Waals surface area contributed by atoms with E-state index in [0.717, 1.165) is 18.9 Å². The molecule has 0 N–H and O–H groups in total. The van der Waals surface area contributed by atoms with Crippen LogP contribution in [0.3, 0.4) is 0 Å². The average Bonchev–Trinajstić information content (AvgIpc) is 2.75. The van der Waals surface area contributed by atoms with E-state index in [9.17, 15) is 0 Å². The van der Waals surface area contributed by atoms with Crippen LogP contribution < -0.4 is 0 Å². The quantitative estimate of drug-likeness (QED) is 0.870. The molecule has 0 aromatic carbocycles. The first-order valence-electron chi connectivity index (χ1n) is 8.25. The van der Waals surface area contributed by atoms with E-state index in [1.165, 1.54) is 48.6 Å². The summed E-state index contributed by atoms with van der Waals surface area (Å²) in [5.74, 6) is 0.723. The van der Waals surface area contributed by atoms with E-state index in [-0.39, 0.29) is 0 Å². The number of hydrogen-bond acceptors (Lipinski definition) is 3. The van der Waals surface area contributed by atoms with Crippen molar-refractivity contribution in [3.8, 4) is 0 Å². The summed E-state index contributed by atoms with van der Waals surface area (Å²) in [6.45, 7) is 7.70. The van der Waals surface area contributed by atoms with Crippen molar-refractivity contribution in [3.63, 3.8) is 0 Å². The average molecular weight is 298 g/mol. The van der Waals surface area contributed by atoms with Crippen molar-refractivity contribution < 1.29 is 0 Å². The molecule has 22 heavy (non-hydrogen) atoms. The van der Waals surface area contributed by atoms with Gasteiger partial charge >= 0.3 is 0 Å². The zero-order valence-corrected chi connectivity index (χ0v) is 13.9. The number of hydrogen-bond donors (Lipinski definition) is 0. The molecule has 2 aromatic heterocycles. The SMILES string of the molecule is Cc1nn(C)c(C)c1CN1CCC[C@H](Cc2ccccn2)C1. The molecular formula is C18H26N4. The van der Waals surface area contributed by atoms with Crippen molar-refractivity contribution in [2.45, 2.75) is 39.7 Å². The van der Waals surface area contributed by atoms with Gasteiger partial charge in [0.25, 0.3) is 0 Å². The van der Waals surface area contributed by atoms with E-state index in [1.807, 2.05) is 24.0 Å². The second-order valence-electron chi connectivity index (χ2n) is 6.54. The summed E-state index contributed by atoms with van der Waals surface area (Å²) in [4.78, 5) is 7.07. The van der Waals surface area contributed by atoms with Crippen molar-refractivity contribution in [1.82, 2.24) is 19.7 Å². The number of pyridine rings is 1. The Balaban J connectivity index is 1.63. The summed E-state index contributed by atoms with van der Waals surface area (Å²) >= 11 is 0. The lowest BCUT2D eigenvalue weighted by Gasteiger charge is -2.32. The van der Waals surface area contributed by atoms with Gasteiger partial charge in [-0.15, -0.1) is 0 Å². The van der Waals surface area contributed by atoms with Gasteiger partial charge in [0.2, 0.25) is 0 Å². The van der Waals surface area contributed by atoms with E-state index < -0.39 is 0 Å². The molecule has 3 rings (SSSR count). The highest BCUT2D eigenvalue weighted by molar-refractivity contribution is 5.24. The molecule has 0 aliphatic carbocycles. The highest BCUT2D eigenvalue weighted by Gasteiger charge is 2.22. The molecular weight excluding hydrogens is 272 g/mol. The molecule has 1 saturated heterocycles. The minimum atomic E-state index is 0.723. The molecule has 0 saturated carbocycles. The van der Waals surface area contributed by atoms with Gasteiger partial charge in [0.1, 0.15) is 0 Å². The highest BCUT2D eigenvalue weighted by atomic mass is 15.3. The Bertz CT molecular complexity index is 618. The van der Waals surface area contributed by atoms with Gasteiger partial charge in [-0.05, 0) is 57.7 Å². The summed E-state index contributed by atoms with van der Waals surface area (Å²) in [7, 11) is 2.03. The normalized spacial score (nSPS) is 19.5. The van der Waals surface area contributed by atoms with Crippen LogP contribution in [0.15, 0.2) is 24.4 Å². The van der Waals surface area contributed by atoms with Crippen molar-refractivity contribution in [2.75, 3.05) is 13.1 Å². The Morgan fingerprint density at radius 1 is 1.27 bits per heavy atom. The van der Waals surface area contributed by atoms with E-state index >= 15 is 0 Å². The number of aryl methyl sites for hydroxylation is 2. The molecule has 3 heterocycles. The van der Waals surface area contributed by atoms with Gasteiger partial charge in [-0.25, -0.2) is 0 Å². The maximum absolute atomic E-state index is 4.54. The van der Waals surface area contributed by atoms with Crippen LogP contribution in [0.5, 0.6) is 0 Å². The maximum Gasteiger partial charge on any atom is 0.0641 e. The molecule has 4 heteroatoms. The fraction of sp³-hybridized carbons (Fsp3) is 0.556. The monoisotopic (exact) mass is 298 g/mol. The Morgan fingerprint density at radius 3 is 2.82 bits per heavy atom. The van der Waals surface area contributed by atoms with Gasteiger partial charge in [0, 0.05) is 43.3 Å². The Morgan fingerprint density at radius 2 is 2.14 bits per heavy atom. The Hall–Kier alpha value is -1.68. The molecule has 2 aromatic rings. The lowest BCUT2D eigenvalue weighted by Crippen LogP contribution is -2.36. The number of nitrogens with zero attached hydrogens (tertiary/aromatic N) is 4. The molecule has 4 nitrogen and oxygen atoms in total. The molecule has 0 bridgehead atoms. The fourth-order valence-electron chi connectivity index (χ4n) is 3.55. The van der Waals surface area contributed by atoms with E-state index in [1.54, 1.807) is 0 Å². The molecule has 118 valence electrons. The molecule has 1 aliphatic rings. The Kier molecular flexibility index (Phi) is 4.57. The van der Waals surface area contributed by atoms with E-state index in [4.69, 9.17) is 0 Å². The summed E-state index contributed by atoms with van der Waals surface area (Å²) in [6, 6.07) is 6.23. The predicted octanol–water partition coefficient (Wildman–Crippen LogP) is 2.89. The third kappa shape index (κ3) is 3.38. The van der Waals surface area contributed by atoms with Crippen molar-refractivity contribution >= 4 is 0 Å². The van der Waals surface area contributed by atoms with Crippen LogP contribution >= 0.6 is 0 Å². The lowest BCUT2D eigenvalue weighted by atomic mass is 9.93. The number of aromatic nitrogens is 3. The topological polar surface area (TPSA) is 34.0 Å². The van der Waals surface area contributed by atoms with Gasteiger partial charge < -0.3 is 0 Å². The zero-order valence-electron chi connectivity index (χ0n) is 13.9. The van der Waals surface area contributed by atoms with Gasteiger partial charge in [0.05, 0.1) is 5.69 Å². The molecule has 0 radical (unpaired) electrons. The van der Waals surface area contributed by atoms with Crippen molar-refractivity contribution in [1.29, 1.82) is 0 Å². The first-order valence-corrected chi connectivity index (χ1v) is 8.25. The molecule has 1 aliphatic heterocycles. The second-order valence-corrected chi connectivity index (χ2v) is 6.54. The summed E-state index contributed by atoms with van der Waals surface area (Å²) in [5, 5.41) is 4.54. The molecule has 1 atom stereocenters. The van der Waals surface area contributed by atoms with Crippen LogP contribution in [0, 0.1) is 19.8 Å². The highest BCUT2D eigenvalue weighted by Crippen LogP contribution is 2.23. The van der Waals surface area contributed by atoms with Gasteiger partial charge in [-0.1, -0.05) is 6.07 Å². The molecule has 1 fully saturated rings. The third-order valence-electron chi connectivity index (χ3n) is 4.87. The summed E-state index contributed by atoms with van der Waals surface area (Å²) < 4.78 is 2.00. The number of likely N-dealkylation sites (tertiary alicyclic amines) is 1. The summed E-state index contributed by atoms with van der Waals surface area (Å²) in [5.41, 5.74) is 5.10. The first kappa shape index (κ1) is 15.2. The smallest absolute Gasteiger partial charge is 0.0641 e. The van der Waals surface area contributed by atoms with Crippen LogP contribution in [-0.4, -0.2) is 32.8 Å². The van der Waals surface area contributed by atoms with Crippen LogP contribution in [0.1, 0.15) is 35.5 Å². The van der Waals surface area contributed by atoms with Crippen LogP contribution in [0.25, 0.3) is 0 Å². The zero-order chi connectivity index (χ0) is 15.5. The van der Waals surface area contributed by atoms with Crippen LogP contribution in [0.4, 0.5) is 0 Å². The number of rotatable bonds is 4. The molecule has 0 amide bonds. The second kappa shape index (κ2) is 6.61. The van der Waals surface area contributed by atoms with E-state index in [2.05, 4.69) is 41.0 Å². The van der Waals surface area contributed by atoms with Crippen molar-refractivity contribution in [2.24, 2.45) is 13.0 Å². The van der Waals surface area contributed by atoms with Crippen LogP contribution in [0.2, 0.25) is 0 Å². The Labute approximate surface area is 133 Å². The van der Waals surface area contributed by atoms with Crippen LogP contribution in [-0.2, 0) is 20.0 Å².